The Bertz CT molecular complexity index is 3160. The van der Waals surface area contributed by atoms with E-state index in [-0.39, 0.29) is 0 Å². The molecule has 3 heterocycles. The maximum atomic E-state index is 5.20. The third-order valence-electron chi connectivity index (χ3n) is 10.8. The first kappa shape index (κ1) is 31.9. The van der Waals surface area contributed by atoms with E-state index in [0.29, 0.717) is 17.6 Å². The predicted molar refractivity (Wildman–Crippen MR) is 230 cm³/mol. The summed E-state index contributed by atoms with van der Waals surface area (Å²) in [6.07, 6.45) is 0. The van der Waals surface area contributed by atoms with E-state index in [0.717, 1.165) is 60.9 Å². The van der Waals surface area contributed by atoms with Gasteiger partial charge in [0.2, 0.25) is 5.95 Å². The van der Waals surface area contributed by atoms with Crippen molar-refractivity contribution >= 4 is 43.6 Å². The van der Waals surface area contributed by atoms with Gasteiger partial charge in [0.25, 0.3) is 0 Å². The van der Waals surface area contributed by atoms with Crippen LogP contribution < -0.4 is 0 Å². The van der Waals surface area contributed by atoms with Gasteiger partial charge in [0.1, 0.15) is 0 Å². The van der Waals surface area contributed by atoms with Crippen molar-refractivity contribution < 1.29 is 0 Å². The van der Waals surface area contributed by atoms with Crippen LogP contribution in [0.4, 0.5) is 0 Å². The largest absolute Gasteiger partial charge is 0.309 e. The molecule has 0 N–H and O–H groups in total. The Morgan fingerprint density at radius 2 is 0.750 bits per heavy atom. The highest BCUT2D eigenvalue weighted by atomic mass is 15.2. The summed E-state index contributed by atoms with van der Waals surface area (Å²) in [6, 6.07) is 70.5. The Morgan fingerprint density at radius 1 is 0.286 bits per heavy atom. The lowest BCUT2D eigenvalue weighted by Gasteiger charge is -2.14. The molecule has 0 aliphatic rings. The van der Waals surface area contributed by atoms with Crippen LogP contribution in [-0.2, 0) is 0 Å². The minimum Gasteiger partial charge on any atom is -0.309 e. The molecule has 56 heavy (non-hydrogen) atoms. The first-order valence-electron chi connectivity index (χ1n) is 18.9. The highest BCUT2D eigenvalue weighted by molar-refractivity contribution is 6.14. The lowest BCUT2D eigenvalue weighted by Crippen LogP contribution is -2.06. The summed E-state index contributed by atoms with van der Waals surface area (Å²) < 4.78 is 4.58. The van der Waals surface area contributed by atoms with Gasteiger partial charge in [-0.3, -0.25) is 4.57 Å². The maximum absolute atomic E-state index is 5.20. The van der Waals surface area contributed by atoms with E-state index < -0.39 is 0 Å². The molecule has 0 saturated heterocycles. The molecular weight excluding hydrogens is 683 g/mol. The molecule has 0 saturated carbocycles. The fourth-order valence-electron chi connectivity index (χ4n) is 8.22. The van der Waals surface area contributed by atoms with E-state index in [4.69, 9.17) is 15.0 Å². The number of para-hydroxylation sites is 3. The van der Waals surface area contributed by atoms with Crippen LogP contribution in [0.15, 0.2) is 200 Å². The number of rotatable bonds is 6. The summed E-state index contributed by atoms with van der Waals surface area (Å²) in [5.74, 6) is 1.83. The second-order valence-corrected chi connectivity index (χ2v) is 14.1. The number of hydrogen-bond donors (Lipinski definition) is 0. The molecule has 0 aliphatic carbocycles. The van der Waals surface area contributed by atoms with Crippen LogP contribution in [0.1, 0.15) is 0 Å². The zero-order valence-electron chi connectivity index (χ0n) is 30.3. The third-order valence-corrected chi connectivity index (χ3v) is 10.8. The van der Waals surface area contributed by atoms with Crippen molar-refractivity contribution in [1.82, 2.24) is 24.1 Å². The summed E-state index contributed by atoms with van der Waals surface area (Å²) >= 11 is 0. The van der Waals surface area contributed by atoms with E-state index in [1.54, 1.807) is 0 Å². The quantitative estimate of drug-likeness (QED) is 0.172. The third kappa shape index (κ3) is 5.21. The Hall–Kier alpha value is -7.63. The van der Waals surface area contributed by atoms with Crippen LogP contribution in [0.2, 0.25) is 0 Å². The van der Waals surface area contributed by atoms with Gasteiger partial charge in [0, 0.05) is 38.4 Å². The molecule has 11 rings (SSSR count). The lowest BCUT2D eigenvalue weighted by atomic mass is 9.92. The van der Waals surface area contributed by atoms with Gasteiger partial charge < -0.3 is 4.57 Å². The van der Waals surface area contributed by atoms with Crippen molar-refractivity contribution in [3.8, 4) is 56.7 Å². The zero-order valence-corrected chi connectivity index (χ0v) is 30.3. The minimum absolute atomic E-state index is 0.573. The van der Waals surface area contributed by atoms with E-state index in [1.807, 2.05) is 36.4 Å². The molecule has 0 spiro atoms. The monoisotopic (exact) mass is 715 g/mol. The number of nitrogens with zero attached hydrogens (tertiary/aromatic N) is 5. The summed E-state index contributed by atoms with van der Waals surface area (Å²) in [6.45, 7) is 0. The van der Waals surface area contributed by atoms with Crippen molar-refractivity contribution in [2.75, 3.05) is 0 Å². The zero-order chi connectivity index (χ0) is 37.0. The number of aromatic nitrogens is 5. The van der Waals surface area contributed by atoms with Crippen molar-refractivity contribution in [1.29, 1.82) is 0 Å². The molecule has 0 bridgehead atoms. The maximum Gasteiger partial charge on any atom is 0.238 e. The Labute approximate surface area is 323 Å². The van der Waals surface area contributed by atoms with Crippen LogP contribution in [0.25, 0.3) is 100 Å². The minimum atomic E-state index is 0.573. The Kier molecular flexibility index (Phi) is 7.42. The van der Waals surface area contributed by atoms with Crippen LogP contribution in [0.3, 0.4) is 0 Å². The van der Waals surface area contributed by atoms with E-state index in [2.05, 4.69) is 173 Å². The molecule has 11 aromatic rings. The molecule has 262 valence electrons. The topological polar surface area (TPSA) is 48.5 Å². The molecule has 0 radical (unpaired) electrons. The van der Waals surface area contributed by atoms with E-state index in [1.165, 1.54) is 21.8 Å². The number of benzene rings is 8. The van der Waals surface area contributed by atoms with Gasteiger partial charge in [-0.05, 0) is 70.8 Å². The van der Waals surface area contributed by atoms with Gasteiger partial charge in [0.15, 0.2) is 11.6 Å². The number of hydrogen-bond acceptors (Lipinski definition) is 3. The highest BCUT2D eigenvalue weighted by Crippen LogP contribution is 2.42. The molecule has 5 nitrogen and oxygen atoms in total. The molecule has 0 fully saturated rings. The predicted octanol–water partition coefficient (Wildman–Crippen LogP) is 12.7. The van der Waals surface area contributed by atoms with Gasteiger partial charge in [0.05, 0.1) is 22.1 Å². The SMILES string of the molecule is c1ccc(-c2nc(-c3ccccc3)nc(-n3c4ccccc4c4cc(-c5ccccc5)c(-c5ccc6c(c5)c5ccccc5n6-c5ccccc5)cc43)n2)cc1. The fraction of sp³-hybridized carbons (Fsp3) is 0. The second kappa shape index (κ2) is 13.0. The summed E-state index contributed by atoms with van der Waals surface area (Å²) in [5.41, 5.74) is 12.0. The fourth-order valence-corrected chi connectivity index (χ4v) is 8.22. The lowest BCUT2D eigenvalue weighted by molar-refractivity contribution is 0.953. The average molecular weight is 716 g/mol. The Morgan fingerprint density at radius 3 is 1.36 bits per heavy atom. The van der Waals surface area contributed by atoms with Crippen LogP contribution in [0, 0.1) is 0 Å². The second-order valence-electron chi connectivity index (χ2n) is 14.1. The average Bonchev–Trinajstić information content (AvgIpc) is 3.79. The first-order valence-corrected chi connectivity index (χ1v) is 18.9. The van der Waals surface area contributed by atoms with Crippen LogP contribution in [0.5, 0.6) is 0 Å². The van der Waals surface area contributed by atoms with Gasteiger partial charge in [-0.25, -0.2) is 4.98 Å². The molecular formula is C51H33N5. The molecule has 0 unspecified atom stereocenters. The van der Waals surface area contributed by atoms with E-state index in [9.17, 15) is 0 Å². The highest BCUT2D eigenvalue weighted by Gasteiger charge is 2.21. The normalized spacial score (nSPS) is 11.6. The van der Waals surface area contributed by atoms with E-state index >= 15 is 0 Å². The first-order chi connectivity index (χ1) is 27.8. The van der Waals surface area contributed by atoms with Gasteiger partial charge in [-0.2, -0.15) is 9.97 Å². The molecule has 0 aliphatic heterocycles. The van der Waals surface area contributed by atoms with Crippen molar-refractivity contribution in [2.45, 2.75) is 0 Å². The standard InChI is InChI=1S/C51H33N5/c1-5-17-34(18-6-1)41-32-44-40-26-14-16-28-46(40)56(51-53-49(35-19-7-2-8-20-35)52-50(54-51)36-21-9-3-10-22-36)48(44)33-42(41)37-29-30-47-43(31-37)39-25-13-15-27-45(39)55(47)38-23-11-4-12-24-38/h1-33H. The van der Waals surface area contributed by atoms with Gasteiger partial charge >= 0.3 is 0 Å². The number of fused-ring (bicyclic) bond motifs is 6. The van der Waals surface area contributed by atoms with Crippen LogP contribution >= 0.6 is 0 Å². The Balaban J connectivity index is 1.21. The molecule has 8 aromatic carbocycles. The summed E-state index contributed by atoms with van der Waals surface area (Å²) in [4.78, 5) is 15.4. The van der Waals surface area contributed by atoms with Crippen molar-refractivity contribution in [3.05, 3.63) is 200 Å². The summed E-state index contributed by atoms with van der Waals surface area (Å²) in [5, 5.41) is 4.69. The molecule has 5 heteroatoms. The summed E-state index contributed by atoms with van der Waals surface area (Å²) in [7, 11) is 0. The van der Waals surface area contributed by atoms with Crippen molar-refractivity contribution in [2.24, 2.45) is 0 Å². The van der Waals surface area contributed by atoms with Gasteiger partial charge in [-0.1, -0.05) is 152 Å². The van der Waals surface area contributed by atoms with Gasteiger partial charge in [-0.15, -0.1) is 0 Å². The molecule has 0 atom stereocenters. The molecule has 3 aromatic heterocycles. The smallest absolute Gasteiger partial charge is 0.238 e. The van der Waals surface area contributed by atoms with Crippen molar-refractivity contribution in [3.63, 3.8) is 0 Å². The molecule has 0 amide bonds. The van der Waals surface area contributed by atoms with Crippen LogP contribution in [-0.4, -0.2) is 24.1 Å².